The summed E-state index contributed by atoms with van der Waals surface area (Å²) >= 11 is 0. The molecule has 138 valence electrons. The minimum Gasteiger partial charge on any atom is -0.377 e. The third-order valence-corrected chi connectivity index (χ3v) is 4.38. The van der Waals surface area contributed by atoms with Crippen molar-refractivity contribution in [2.45, 2.75) is 25.5 Å². The van der Waals surface area contributed by atoms with Gasteiger partial charge in [-0.1, -0.05) is 18.2 Å². The molecule has 0 unspecified atom stereocenters. The minimum absolute atomic E-state index is 0.170. The molecule has 6 heteroatoms. The van der Waals surface area contributed by atoms with Crippen molar-refractivity contribution < 1.29 is 18.3 Å². The van der Waals surface area contributed by atoms with Crippen molar-refractivity contribution in [1.29, 1.82) is 0 Å². The number of rotatable bonds is 6. The number of amides is 1. The number of carbonyl (C=O) groups is 1. The summed E-state index contributed by atoms with van der Waals surface area (Å²) in [4.78, 5) is 14.5. The van der Waals surface area contributed by atoms with Gasteiger partial charge in [0, 0.05) is 25.3 Å². The van der Waals surface area contributed by atoms with E-state index in [0.717, 1.165) is 37.6 Å². The highest BCUT2D eigenvalue weighted by atomic mass is 19.2. The van der Waals surface area contributed by atoms with Gasteiger partial charge in [0.1, 0.15) is 0 Å². The van der Waals surface area contributed by atoms with Crippen molar-refractivity contribution in [3.63, 3.8) is 0 Å². The Labute approximate surface area is 151 Å². The molecule has 0 spiro atoms. The third kappa shape index (κ3) is 4.65. The average Bonchev–Trinajstić information content (AvgIpc) is 3.12. The zero-order chi connectivity index (χ0) is 18.5. The number of carbonyl (C=O) groups excluding carboxylic acids is 1. The number of benzene rings is 2. The Hall–Kier alpha value is -2.31. The Bertz CT molecular complexity index is 776. The van der Waals surface area contributed by atoms with Gasteiger partial charge in [0.05, 0.1) is 11.8 Å². The van der Waals surface area contributed by atoms with E-state index in [1.165, 1.54) is 12.1 Å². The number of nitrogens with zero attached hydrogens (tertiary/aromatic N) is 1. The second-order valence-electron chi connectivity index (χ2n) is 6.59. The van der Waals surface area contributed by atoms with Crippen LogP contribution in [0.3, 0.4) is 0 Å². The molecule has 26 heavy (non-hydrogen) atoms. The zero-order valence-corrected chi connectivity index (χ0v) is 14.7. The predicted molar refractivity (Wildman–Crippen MR) is 96.1 cm³/mol. The highest BCUT2D eigenvalue weighted by molar-refractivity contribution is 6.04. The maximum atomic E-state index is 13.7. The number of nitrogens with one attached hydrogen (secondary N) is 1. The van der Waals surface area contributed by atoms with Crippen LogP contribution in [-0.4, -0.2) is 37.1 Å². The van der Waals surface area contributed by atoms with Crippen molar-refractivity contribution >= 4 is 11.6 Å². The van der Waals surface area contributed by atoms with E-state index in [0.29, 0.717) is 12.1 Å². The van der Waals surface area contributed by atoms with Gasteiger partial charge < -0.3 is 10.1 Å². The normalized spacial score (nSPS) is 16.8. The van der Waals surface area contributed by atoms with Crippen molar-refractivity contribution in [2.75, 3.05) is 25.5 Å². The second-order valence-corrected chi connectivity index (χ2v) is 6.59. The van der Waals surface area contributed by atoms with E-state index in [9.17, 15) is 13.6 Å². The van der Waals surface area contributed by atoms with Gasteiger partial charge in [-0.05, 0) is 49.7 Å². The smallest absolute Gasteiger partial charge is 0.255 e. The van der Waals surface area contributed by atoms with E-state index >= 15 is 0 Å². The van der Waals surface area contributed by atoms with Crippen LogP contribution >= 0.6 is 0 Å². The Balaban J connectivity index is 1.64. The molecule has 3 rings (SSSR count). The molecule has 0 aromatic heterocycles. The second kappa shape index (κ2) is 8.38. The quantitative estimate of drug-likeness (QED) is 0.851. The SMILES string of the molecule is CN(Cc1cccc(C(=O)Nc2cccc(F)c2F)c1)C[C@H]1CCCO1. The first kappa shape index (κ1) is 18.5. The molecule has 2 aromatic carbocycles. The molecule has 1 atom stereocenters. The lowest BCUT2D eigenvalue weighted by Crippen LogP contribution is -2.28. The summed E-state index contributed by atoms with van der Waals surface area (Å²) in [6.07, 6.45) is 2.44. The Morgan fingerprint density at radius 2 is 2.08 bits per heavy atom. The zero-order valence-electron chi connectivity index (χ0n) is 14.7. The third-order valence-electron chi connectivity index (χ3n) is 4.38. The van der Waals surface area contributed by atoms with Crippen LogP contribution in [0.2, 0.25) is 0 Å². The van der Waals surface area contributed by atoms with E-state index in [-0.39, 0.29) is 11.8 Å². The standard InChI is InChI=1S/C20H22F2N2O2/c1-24(13-16-7-4-10-26-16)12-14-5-2-6-15(11-14)20(25)23-18-9-3-8-17(21)19(18)22/h2-3,5-6,8-9,11,16H,4,7,10,12-13H2,1H3,(H,23,25)/t16-/m1/s1. The van der Waals surface area contributed by atoms with Crippen LogP contribution in [0.15, 0.2) is 42.5 Å². The number of anilines is 1. The molecule has 0 aliphatic carbocycles. The molecule has 4 nitrogen and oxygen atoms in total. The maximum Gasteiger partial charge on any atom is 0.255 e. The molecular weight excluding hydrogens is 338 g/mol. The van der Waals surface area contributed by atoms with Crippen molar-refractivity contribution in [2.24, 2.45) is 0 Å². The van der Waals surface area contributed by atoms with Crippen LogP contribution in [0, 0.1) is 11.6 Å². The lowest BCUT2D eigenvalue weighted by atomic mass is 10.1. The first-order valence-electron chi connectivity index (χ1n) is 8.67. The first-order chi connectivity index (χ1) is 12.5. The van der Waals surface area contributed by atoms with Gasteiger partial charge >= 0.3 is 0 Å². The van der Waals surface area contributed by atoms with Crippen molar-refractivity contribution in [3.8, 4) is 0 Å². The molecule has 0 saturated carbocycles. The van der Waals surface area contributed by atoms with Gasteiger partial charge in [-0.3, -0.25) is 9.69 Å². The average molecular weight is 360 g/mol. The predicted octanol–water partition coefficient (Wildman–Crippen LogP) is 3.83. The topological polar surface area (TPSA) is 41.6 Å². The Kier molecular flexibility index (Phi) is 5.96. The fourth-order valence-corrected chi connectivity index (χ4v) is 3.12. The van der Waals surface area contributed by atoms with Crippen LogP contribution < -0.4 is 5.32 Å². The largest absolute Gasteiger partial charge is 0.377 e. The molecule has 1 fully saturated rings. The molecule has 1 N–H and O–H groups in total. The van der Waals surface area contributed by atoms with Gasteiger partial charge in [0.25, 0.3) is 5.91 Å². The van der Waals surface area contributed by atoms with Crippen molar-refractivity contribution in [3.05, 3.63) is 65.2 Å². The minimum atomic E-state index is -1.06. The lowest BCUT2D eigenvalue weighted by molar-refractivity contribution is 0.0793. The molecule has 1 amide bonds. The molecule has 1 aliphatic rings. The van der Waals surface area contributed by atoms with Gasteiger partial charge in [0.2, 0.25) is 0 Å². The molecule has 1 saturated heterocycles. The molecule has 0 radical (unpaired) electrons. The fraction of sp³-hybridized carbons (Fsp3) is 0.350. The molecule has 1 heterocycles. The number of hydrogen-bond acceptors (Lipinski definition) is 3. The summed E-state index contributed by atoms with van der Waals surface area (Å²) in [5.41, 5.74) is 1.20. The van der Waals surface area contributed by atoms with E-state index in [4.69, 9.17) is 4.74 Å². The van der Waals surface area contributed by atoms with Gasteiger partial charge in [-0.25, -0.2) is 8.78 Å². The van der Waals surface area contributed by atoms with Crippen LogP contribution in [-0.2, 0) is 11.3 Å². The van der Waals surface area contributed by atoms with E-state index < -0.39 is 17.5 Å². The molecule has 2 aromatic rings. The monoisotopic (exact) mass is 360 g/mol. The Morgan fingerprint density at radius 1 is 1.27 bits per heavy atom. The number of likely N-dealkylation sites (N-methyl/N-ethyl adjacent to an activating group) is 1. The molecule has 0 bridgehead atoms. The summed E-state index contributed by atoms with van der Waals surface area (Å²) in [7, 11) is 2.01. The number of ether oxygens (including phenoxy) is 1. The fourth-order valence-electron chi connectivity index (χ4n) is 3.12. The maximum absolute atomic E-state index is 13.7. The van der Waals surface area contributed by atoms with Crippen LogP contribution in [0.5, 0.6) is 0 Å². The van der Waals surface area contributed by atoms with Gasteiger partial charge in [-0.2, -0.15) is 0 Å². The van der Waals surface area contributed by atoms with Crippen LogP contribution in [0.4, 0.5) is 14.5 Å². The summed E-state index contributed by atoms with van der Waals surface area (Å²) < 4.78 is 32.6. The number of halogens is 2. The van der Waals surface area contributed by atoms with E-state index in [1.54, 1.807) is 18.2 Å². The Morgan fingerprint density at radius 3 is 2.85 bits per heavy atom. The summed E-state index contributed by atoms with van der Waals surface area (Å²) in [6.45, 7) is 2.34. The van der Waals surface area contributed by atoms with Gasteiger partial charge in [0.15, 0.2) is 11.6 Å². The summed E-state index contributed by atoms with van der Waals surface area (Å²) in [6, 6.07) is 10.8. The van der Waals surface area contributed by atoms with E-state index in [2.05, 4.69) is 10.2 Å². The molecule has 1 aliphatic heterocycles. The number of hydrogen-bond donors (Lipinski definition) is 1. The van der Waals surface area contributed by atoms with Crippen LogP contribution in [0.25, 0.3) is 0 Å². The van der Waals surface area contributed by atoms with Gasteiger partial charge in [-0.15, -0.1) is 0 Å². The van der Waals surface area contributed by atoms with E-state index in [1.807, 2.05) is 13.1 Å². The summed E-state index contributed by atoms with van der Waals surface area (Å²) in [5.74, 6) is -2.53. The van der Waals surface area contributed by atoms with Crippen molar-refractivity contribution in [1.82, 2.24) is 4.90 Å². The highest BCUT2D eigenvalue weighted by Crippen LogP contribution is 2.18. The molecular formula is C20H22F2N2O2. The first-order valence-corrected chi connectivity index (χ1v) is 8.67. The lowest BCUT2D eigenvalue weighted by Gasteiger charge is -2.20. The highest BCUT2D eigenvalue weighted by Gasteiger charge is 2.18. The summed E-state index contributed by atoms with van der Waals surface area (Å²) in [5, 5.41) is 2.42. The van der Waals surface area contributed by atoms with Crippen LogP contribution in [0.1, 0.15) is 28.8 Å².